The van der Waals surface area contributed by atoms with Crippen LogP contribution in [0.2, 0.25) is 0 Å². The largest absolute Gasteiger partial charge is 0.115 e. The highest BCUT2D eigenvalue weighted by Crippen LogP contribution is 2.00. The van der Waals surface area contributed by atoms with Gasteiger partial charge in [-0.3, -0.25) is 0 Å². The summed E-state index contributed by atoms with van der Waals surface area (Å²) in [5.74, 6) is 2.42. The summed E-state index contributed by atoms with van der Waals surface area (Å²) in [6.45, 7) is 9.45. The molecule has 0 aromatic rings. The fraction of sp³-hybridized carbons (Fsp3) is 0.200. The highest BCUT2D eigenvalue weighted by Gasteiger charge is 1.81. The van der Waals surface area contributed by atoms with Crippen LogP contribution in [0.4, 0.5) is 0 Å². The van der Waals surface area contributed by atoms with Crippen molar-refractivity contribution in [1.29, 1.82) is 0 Å². The van der Waals surface area contributed by atoms with Crippen LogP contribution in [-0.4, -0.2) is 0 Å². The zero-order valence-corrected chi connectivity index (χ0v) is 6.35. The first-order valence-corrected chi connectivity index (χ1v) is 3.22. The van der Waals surface area contributed by atoms with Crippen molar-refractivity contribution in [1.82, 2.24) is 0 Å². The lowest BCUT2D eigenvalue weighted by Gasteiger charge is -1.89. The van der Waals surface area contributed by atoms with Gasteiger partial charge in [0, 0.05) is 5.57 Å². The standard InChI is InChI=1S/C10H12/c1-5-9(3)7-8-10(4)6-2/h1,7-8H,3-4,6H2,2H3/b8-7-. The Morgan fingerprint density at radius 2 is 2.10 bits per heavy atom. The predicted molar refractivity (Wildman–Crippen MR) is 46.5 cm³/mol. The van der Waals surface area contributed by atoms with Gasteiger partial charge in [-0.05, 0) is 12.5 Å². The molecule has 0 heterocycles. The third kappa shape index (κ3) is 3.74. The minimum absolute atomic E-state index is 0.689. The van der Waals surface area contributed by atoms with Crippen LogP contribution in [0, 0.1) is 12.3 Å². The summed E-state index contributed by atoms with van der Waals surface area (Å²) in [6.07, 6.45) is 9.71. The number of terminal acetylenes is 1. The molecular weight excluding hydrogens is 120 g/mol. The second kappa shape index (κ2) is 4.64. The van der Waals surface area contributed by atoms with Gasteiger partial charge in [-0.15, -0.1) is 6.42 Å². The Labute approximate surface area is 63.0 Å². The van der Waals surface area contributed by atoms with Crippen molar-refractivity contribution < 1.29 is 0 Å². The zero-order valence-electron chi connectivity index (χ0n) is 6.35. The van der Waals surface area contributed by atoms with E-state index in [2.05, 4.69) is 19.1 Å². The molecule has 0 atom stereocenters. The molecule has 0 aliphatic rings. The quantitative estimate of drug-likeness (QED) is 0.409. The summed E-state index contributed by atoms with van der Waals surface area (Å²) in [5.41, 5.74) is 1.76. The lowest BCUT2D eigenvalue weighted by molar-refractivity contribution is 1.16. The number of allylic oxidation sites excluding steroid dienone is 4. The van der Waals surface area contributed by atoms with Gasteiger partial charge in [-0.2, -0.15) is 0 Å². The van der Waals surface area contributed by atoms with Gasteiger partial charge in [0.15, 0.2) is 0 Å². The van der Waals surface area contributed by atoms with Gasteiger partial charge < -0.3 is 0 Å². The molecule has 0 bridgehead atoms. The third-order valence-electron chi connectivity index (χ3n) is 1.16. The maximum absolute atomic E-state index is 5.07. The van der Waals surface area contributed by atoms with Crippen molar-refractivity contribution in [2.24, 2.45) is 0 Å². The Bertz CT molecular complexity index is 199. The maximum atomic E-state index is 5.07. The average molecular weight is 132 g/mol. The Morgan fingerprint density at radius 3 is 2.50 bits per heavy atom. The number of hydrogen-bond acceptors (Lipinski definition) is 0. The van der Waals surface area contributed by atoms with Crippen molar-refractivity contribution in [2.75, 3.05) is 0 Å². The molecule has 52 valence electrons. The van der Waals surface area contributed by atoms with Gasteiger partial charge in [-0.1, -0.05) is 37.7 Å². The lowest BCUT2D eigenvalue weighted by Crippen LogP contribution is -1.70. The summed E-state index contributed by atoms with van der Waals surface area (Å²) in [6, 6.07) is 0. The topological polar surface area (TPSA) is 0 Å². The van der Waals surface area contributed by atoms with E-state index in [1.165, 1.54) is 0 Å². The molecular formula is C10H12. The van der Waals surface area contributed by atoms with Crippen LogP contribution in [-0.2, 0) is 0 Å². The Morgan fingerprint density at radius 1 is 1.50 bits per heavy atom. The molecule has 0 aromatic carbocycles. The molecule has 0 saturated heterocycles. The van der Waals surface area contributed by atoms with Gasteiger partial charge >= 0.3 is 0 Å². The first-order chi connectivity index (χ1) is 4.70. The monoisotopic (exact) mass is 132 g/mol. The normalized spacial score (nSPS) is 9.20. The Balaban J connectivity index is 3.91. The molecule has 0 spiro atoms. The highest BCUT2D eigenvalue weighted by atomic mass is 13.9. The molecule has 0 aromatic heterocycles. The smallest absolute Gasteiger partial charge is 0.0170 e. The molecule has 0 amide bonds. The van der Waals surface area contributed by atoms with E-state index in [1.807, 2.05) is 13.0 Å². The van der Waals surface area contributed by atoms with Gasteiger partial charge in [0.2, 0.25) is 0 Å². The molecule has 0 unspecified atom stereocenters. The Hall–Kier alpha value is -1.22. The minimum atomic E-state index is 0.689. The zero-order chi connectivity index (χ0) is 7.98. The summed E-state index contributed by atoms with van der Waals surface area (Å²) >= 11 is 0. The van der Waals surface area contributed by atoms with Crippen molar-refractivity contribution in [3.8, 4) is 12.3 Å². The van der Waals surface area contributed by atoms with Crippen LogP contribution in [0.1, 0.15) is 13.3 Å². The van der Waals surface area contributed by atoms with Crippen LogP contribution >= 0.6 is 0 Å². The SMILES string of the molecule is C#CC(=C)/C=C\C(=C)CC. The number of hydrogen-bond donors (Lipinski definition) is 0. The van der Waals surface area contributed by atoms with E-state index < -0.39 is 0 Å². The van der Waals surface area contributed by atoms with Crippen molar-refractivity contribution in [3.63, 3.8) is 0 Å². The molecule has 10 heavy (non-hydrogen) atoms. The fourth-order valence-electron chi connectivity index (χ4n) is 0.384. The van der Waals surface area contributed by atoms with Crippen LogP contribution in [0.15, 0.2) is 36.5 Å². The van der Waals surface area contributed by atoms with Crippen molar-refractivity contribution in [2.45, 2.75) is 13.3 Å². The molecule has 0 heteroatoms. The van der Waals surface area contributed by atoms with E-state index in [0.717, 1.165) is 12.0 Å². The first kappa shape index (κ1) is 8.78. The van der Waals surface area contributed by atoms with E-state index in [-0.39, 0.29) is 0 Å². The van der Waals surface area contributed by atoms with Gasteiger partial charge in [0.25, 0.3) is 0 Å². The van der Waals surface area contributed by atoms with Crippen LogP contribution in [0.25, 0.3) is 0 Å². The summed E-state index contributed by atoms with van der Waals surface area (Å²) in [4.78, 5) is 0. The molecule has 0 saturated carbocycles. The molecule has 0 nitrogen and oxygen atoms in total. The second-order valence-corrected chi connectivity index (χ2v) is 2.01. The maximum Gasteiger partial charge on any atom is 0.0170 e. The van der Waals surface area contributed by atoms with Gasteiger partial charge in [-0.25, -0.2) is 0 Å². The predicted octanol–water partition coefficient (Wildman–Crippen LogP) is 2.70. The molecule has 0 radical (unpaired) electrons. The number of rotatable bonds is 3. The highest BCUT2D eigenvalue weighted by molar-refractivity contribution is 5.35. The summed E-state index contributed by atoms with van der Waals surface area (Å²) < 4.78 is 0. The van der Waals surface area contributed by atoms with Gasteiger partial charge in [0.1, 0.15) is 0 Å². The molecule has 0 rings (SSSR count). The van der Waals surface area contributed by atoms with Crippen LogP contribution in [0.3, 0.4) is 0 Å². The second-order valence-electron chi connectivity index (χ2n) is 2.01. The van der Waals surface area contributed by atoms with E-state index in [1.54, 1.807) is 6.08 Å². The summed E-state index contributed by atoms with van der Waals surface area (Å²) in [7, 11) is 0. The van der Waals surface area contributed by atoms with Crippen molar-refractivity contribution >= 4 is 0 Å². The molecule has 0 fully saturated rings. The van der Waals surface area contributed by atoms with Gasteiger partial charge in [0.05, 0.1) is 0 Å². The average Bonchev–Trinajstić information content (AvgIpc) is 1.99. The third-order valence-corrected chi connectivity index (χ3v) is 1.16. The lowest BCUT2D eigenvalue weighted by atomic mass is 10.2. The summed E-state index contributed by atoms with van der Waals surface area (Å²) in [5, 5.41) is 0. The molecule has 0 aliphatic heterocycles. The van der Waals surface area contributed by atoms with E-state index in [4.69, 9.17) is 6.42 Å². The van der Waals surface area contributed by atoms with Crippen LogP contribution in [0.5, 0.6) is 0 Å². The van der Waals surface area contributed by atoms with E-state index >= 15 is 0 Å². The Kier molecular flexibility index (Phi) is 4.07. The van der Waals surface area contributed by atoms with Crippen LogP contribution < -0.4 is 0 Å². The van der Waals surface area contributed by atoms with E-state index in [9.17, 15) is 0 Å². The van der Waals surface area contributed by atoms with E-state index in [0.29, 0.717) is 5.57 Å². The van der Waals surface area contributed by atoms with Crippen molar-refractivity contribution in [3.05, 3.63) is 36.5 Å². The molecule has 0 aliphatic carbocycles. The minimum Gasteiger partial charge on any atom is -0.115 e. The fourth-order valence-corrected chi connectivity index (χ4v) is 0.384. The molecule has 0 N–H and O–H groups in total. The first-order valence-electron chi connectivity index (χ1n) is 3.22.